The Bertz CT molecular complexity index is 457. The number of hydrogen-bond acceptors (Lipinski definition) is 3. The second kappa shape index (κ2) is 5.71. The summed E-state index contributed by atoms with van der Waals surface area (Å²) < 4.78 is 5.08. The van der Waals surface area contributed by atoms with E-state index in [9.17, 15) is 0 Å². The molecule has 98 valence electrons. The van der Waals surface area contributed by atoms with Gasteiger partial charge in [-0.25, -0.2) is 0 Å². The number of hydrogen-bond donors (Lipinski definition) is 1. The lowest BCUT2D eigenvalue weighted by molar-refractivity contribution is 0.327. The van der Waals surface area contributed by atoms with E-state index in [0.29, 0.717) is 0 Å². The van der Waals surface area contributed by atoms with Crippen molar-refractivity contribution in [3.8, 4) is 0 Å². The smallest absolute Gasteiger partial charge is 0.142 e. The Balaban J connectivity index is 0.000000184. The molecule has 3 nitrogen and oxygen atoms in total. The molecule has 0 atom stereocenters. The summed E-state index contributed by atoms with van der Waals surface area (Å²) in [6.45, 7) is 10.3. The van der Waals surface area contributed by atoms with Gasteiger partial charge in [0.05, 0.1) is 5.69 Å². The average Bonchev–Trinajstić information content (AvgIpc) is 2.70. The van der Waals surface area contributed by atoms with Gasteiger partial charge in [-0.3, -0.25) is 0 Å². The minimum Gasteiger partial charge on any atom is -0.399 e. The largest absolute Gasteiger partial charge is 0.399 e. The number of nitrogens with zero attached hydrogens (tertiary/aromatic N) is 1. The average molecular weight is 246 g/mol. The van der Waals surface area contributed by atoms with E-state index in [1.807, 2.05) is 44.2 Å². The first kappa shape index (κ1) is 14.3. The van der Waals surface area contributed by atoms with Gasteiger partial charge in [0.2, 0.25) is 0 Å². The SMILES string of the molecule is Cc1cc(C(C)(C)C)on1.Cc1ccc(N)cc1. The zero-order valence-corrected chi connectivity index (χ0v) is 11.8. The fourth-order valence-corrected chi connectivity index (χ4v) is 1.28. The van der Waals surface area contributed by atoms with Crippen molar-refractivity contribution >= 4 is 5.69 Å². The van der Waals surface area contributed by atoms with Crippen LogP contribution in [0.15, 0.2) is 34.9 Å². The van der Waals surface area contributed by atoms with Crippen LogP contribution in [0.3, 0.4) is 0 Å². The molecule has 2 aromatic rings. The van der Waals surface area contributed by atoms with Crippen LogP contribution in [0, 0.1) is 13.8 Å². The molecule has 0 bridgehead atoms. The van der Waals surface area contributed by atoms with E-state index in [1.54, 1.807) is 0 Å². The number of nitrogen functional groups attached to an aromatic ring is 1. The molecule has 2 rings (SSSR count). The van der Waals surface area contributed by atoms with Crippen LogP contribution in [0.4, 0.5) is 5.69 Å². The summed E-state index contributed by atoms with van der Waals surface area (Å²) in [6, 6.07) is 9.76. The maximum atomic E-state index is 5.43. The Hall–Kier alpha value is -1.77. The molecule has 0 fully saturated rings. The van der Waals surface area contributed by atoms with Crippen LogP contribution in [0.1, 0.15) is 37.8 Å². The zero-order chi connectivity index (χ0) is 13.8. The van der Waals surface area contributed by atoms with Crippen molar-refractivity contribution in [2.75, 3.05) is 5.73 Å². The van der Waals surface area contributed by atoms with Crippen molar-refractivity contribution in [1.82, 2.24) is 5.16 Å². The van der Waals surface area contributed by atoms with Crippen LogP contribution in [-0.2, 0) is 5.41 Å². The highest BCUT2D eigenvalue weighted by Crippen LogP contribution is 2.21. The van der Waals surface area contributed by atoms with E-state index in [0.717, 1.165) is 17.1 Å². The van der Waals surface area contributed by atoms with Gasteiger partial charge < -0.3 is 10.3 Å². The summed E-state index contributed by atoms with van der Waals surface area (Å²) in [6.07, 6.45) is 0. The van der Waals surface area contributed by atoms with Gasteiger partial charge in [0, 0.05) is 17.2 Å². The Kier molecular flexibility index (Phi) is 4.54. The van der Waals surface area contributed by atoms with E-state index in [2.05, 4.69) is 25.9 Å². The molecular weight excluding hydrogens is 224 g/mol. The van der Waals surface area contributed by atoms with Crippen molar-refractivity contribution < 1.29 is 4.52 Å². The van der Waals surface area contributed by atoms with Gasteiger partial charge in [-0.2, -0.15) is 0 Å². The predicted octanol–water partition coefficient (Wildman–Crippen LogP) is 3.86. The lowest BCUT2D eigenvalue weighted by Gasteiger charge is -2.11. The standard InChI is InChI=1S/C8H13NO.C7H9N/c1-6-5-7(10-9-6)8(2,3)4;1-6-2-4-7(8)5-3-6/h5H,1-4H3;2-5H,8H2,1H3. The number of nitrogens with two attached hydrogens (primary N) is 1. The third kappa shape index (κ3) is 4.62. The van der Waals surface area contributed by atoms with E-state index < -0.39 is 0 Å². The van der Waals surface area contributed by atoms with E-state index in [-0.39, 0.29) is 5.41 Å². The molecule has 0 saturated heterocycles. The molecular formula is C15H22N2O. The topological polar surface area (TPSA) is 52.0 Å². The normalized spacial score (nSPS) is 10.7. The predicted molar refractivity (Wildman–Crippen MR) is 75.5 cm³/mol. The summed E-state index contributed by atoms with van der Waals surface area (Å²) in [5, 5.41) is 3.81. The highest BCUT2D eigenvalue weighted by Gasteiger charge is 2.18. The lowest BCUT2D eigenvalue weighted by atomic mass is 9.93. The van der Waals surface area contributed by atoms with Crippen LogP contribution in [0.25, 0.3) is 0 Å². The number of benzene rings is 1. The second-order valence-electron chi connectivity index (χ2n) is 5.49. The lowest BCUT2D eigenvalue weighted by Crippen LogP contribution is -2.09. The molecule has 18 heavy (non-hydrogen) atoms. The Morgan fingerprint density at radius 1 is 1.06 bits per heavy atom. The molecule has 0 aliphatic heterocycles. The molecule has 3 heteroatoms. The van der Waals surface area contributed by atoms with Gasteiger partial charge in [-0.05, 0) is 26.0 Å². The monoisotopic (exact) mass is 246 g/mol. The van der Waals surface area contributed by atoms with Gasteiger partial charge in [0.15, 0.2) is 0 Å². The summed E-state index contributed by atoms with van der Waals surface area (Å²) in [5.74, 6) is 0.949. The quantitative estimate of drug-likeness (QED) is 0.718. The number of aryl methyl sites for hydroxylation is 2. The maximum Gasteiger partial charge on any atom is 0.142 e. The number of rotatable bonds is 0. The molecule has 1 heterocycles. The van der Waals surface area contributed by atoms with Gasteiger partial charge in [0.25, 0.3) is 0 Å². The van der Waals surface area contributed by atoms with Gasteiger partial charge in [-0.15, -0.1) is 0 Å². The molecule has 2 N–H and O–H groups in total. The van der Waals surface area contributed by atoms with Crippen molar-refractivity contribution in [3.63, 3.8) is 0 Å². The minimum atomic E-state index is 0.0846. The van der Waals surface area contributed by atoms with Crippen LogP contribution in [0.5, 0.6) is 0 Å². The number of aromatic nitrogens is 1. The first-order chi connectivity index (χ1) is 8.29. The highest BCUT2D eigenvalue weighted by molar-refractivity contribution is 5.38. The Labute approximate surface area is 109 Å². The molecule has 0 radical (unpaired) electrons. The fraction of sp³-hybridized carbons (Fsp3) is 0.400. The van der Waals surface area contributed by atoms with Crippen LogP contribution >= 0.6 is 0 Å². The molecule has 0 saturated carbocycles. The minimum absolute atomic E-state index is 0.0846. The van der Waals surface area contributed by atoms with Crippen molar-refractivity contribution in [2.45, 2.75) is 40.0 Å². The number of anilines is 1. The zero-order valence-electron chi connectivity index (χ0n) is 11.8. The summed E-state index contributed by atoms with van der Waals surface area (Å²) in [5.41, 5.74) is 8.54. The van der Waals surface area contributed by atoms with Gasteiger partial charge in [0.1, 0.15) is 5.76 Å². The Morgan fingerprint density at radius 2 is 1.61 bits per heavy atom. The van der Waals surface area contributed by atoms with E-state index in [4.69, 9.17) is 10.3 Å². The first-order valence-electron chi connectivity index (χ1n) is 6.05. The fourth-order valence-electron chi connectivity index (χ4n) is 1.28. The van der Waals surface area contributed by atoms with Crippen LogP contribution < -0.4 is 5.73 Å². The molecule has 0 unspecified atom stereocenters. The van der Waals surface area contributed by atoms with Crippen LogP contribution in [0.2, 0.25) is 0 Å². The second-order valence-corrected chi connectivity index (χ2v) is 5.49. The molecule has 0 aliphatic carbocycles. The van der Waals surface area contributed by atoms with E-state index >= 15 is 0 Å². The third-order valence-electron chi connectivity index (χ3n) is 2.44. The summed E-state index contributed by atoms with van der Waals surface area (Å²) >= 11 is 0. The van der Waals surface area contributed by atoms with E-state index in [1.165, 1.54) is 5.56 Å². The molecule has 0 spiro atoms. The Morgan fingerprint density at radius 3 is 1.89 bits per heavy atom. The highest BCUT2D eigenvalue weighted by atomic mass is 16.5. The van der Waals surface area contributed by atoms with Crippen molar-refractivity contribution in [1.29, 1.82) is 0 Å². The van der Waals surface area contributed by atoms with Crippen molar-refractivity contribution in [3.05, 3.63) is 47.3 Å². The van der Waals surface area contributed by atoms with Crippen molar-refractivity contribution in [2.24, 2.45) is 0 Å². The van der Waals surface area contributed by atoms with Crippen LogP contribution in [-0.4, -0.2) is 5.16 Å². The third-order valence-corrected chi connectivity index (χ3v) is 2.44. The maximum absolute atomic E-state index is 5.43. The molecule has 0 aliphatic rings. The first-order valence-corrected chi connectivity index (χ1v) is 6.05. The molecule has 0 amide bonds. The van der Waals surface area contributed by atoms with Gasteiger partial charge >= 0.3 is 0 Å². The molecule has 1 aromatic carbocycles. The van der Waals surface area contributed by atoms with Gasteiger partial charge in [-0.1, -0.05) is 43.6 Å². The summed E-state index contributed by atoms with van der Waals surface area (Å²) in [4.78, 5) is 0. The molecule has 1 aromatic heterocycles. The summed E-state index contributed by atoms with van der Waals surface area (Å²) in [7, 11) is 0.